The topological polar surface area (TPSA) is 76.6 Å². The van der Waals surface area contributed by atoms with Crippen molar-refractivity contribution in [2.45, 2.75) is 25.8 Å². The predicted octanol–water partition coefficient (Wildman–Crippen LogP) is 2.37. The molecule has 1 aromatic carbocycles. The second-order valence-corrected chi connectivity index (χ2v) is 6.49. The summed E-state index contributed by atoms with van der Waals surface area (Å²) in [5, 5.41) is 3.05. The molecule has 3 rings (SSSR count). The zero-order valence-electron chi connectivity index (χ0n) is 16.1. The second kappa shape index (κ2) is 8.81. The van der Waals surface area contributed by atoms with Crippen LogP contribution < -0.4 is 14.8 Å². The first kappa shape index (κ1) is 19.1. The van der Waals surface area contributed by atoms with Crippen molar-refractivity contribution in [3.05, 3.63) is 35.9 Å². The monoisotopic (exact) mass is 370 g/mol. The Balaban J connectivity index is 1.67. The summed E-state index contributed by atoms with van der Waals surface area (Å²) in [6, 6.07) is 9.29. The molecule has 1 fully saturated rings. The summed E-state index contributed by atoms with van der Waals surface area (Å²) in [4.78, 5) is 23.5. The van der Waals surface area contributed by atoms with Crippen LogP contribution in [0.4, 0.5) is 0 Å². The molecule has 0 saturated carbocycles. The van der Waals surface area contributed by atoms with Gasteiger partial charge in [0.25, 0.3) is 5.91 Å². The van der Waals surface area contributed by atoms with Crippen LogP contribution in [-0.4, -0.2) is 60.7 Å². The van der Waals surface area contributed by atoms with Gasteiger partial charge in [-0.25, -0.2) is 0 Å². The van der Waals surface area contributed by atoms with Gasteiger partial charge < -0.3 is 14.8 Å². The quantitative estimate of drug-likeness (QED) is 0.806. The largest absolute Gasteiger partial charge is 0.481 e. The number of nitrogens with zero attached hydrogens (tertiary/aromatic N) is 3. The van der Waals surface area contributed by atoms with Crippen LogP contribution in [0.3, 0.4) is 0 Å². The van der Waals surface area contributed by atoms with E-state index in [0.29, 0.717) is 35.7 Å². The van der Waals surface area contributed by atoms with Gasteiger partial charge in [-0.3, -0.25) is 9.69 Å². The van der Waals surface area contributed by atoms with Crippen LogP contribution >= 0.6 is 0 Å². The van der Waals surface area contributed by atoms with Crippen LogP contribution in [0.2, 0.25) is 0 Å². The summed E-state index contributed by atoms with van der Waals surface area (Å²) in [5.41, 5.74) is 1.41. The third-order valence-electron chi connectivity index (χ3n) is 4.91. The van der Waals surface area contributed by atoms with E-state index in [1.165, 1.54) is 6.42 Å². The van der Waals surface area contributed by atoms with Gasteiger partial charge in [-0.2, -0.15) is 9.97 Å². The molecule has 1 aliphatic rings. The zero-order chi connectivity index (χ0) is 19.2. The van der Waals surface area contributed by atoms with Crippen LogP contribution in [0.25, 0.3) is 11.4 Å². The Morgan fingerprint density at radius 1 is 1.19 bits per heavy atom. The van der Waals surface area contributed by atoms with Crippen molar-refractivity contribution < 1.29 is 14.3 Å². The minimum absolute atomic E-state index is 0.0614. The van der Waals surface area contributed by atoms with E-state index in [1.54, 1.807) is 32.4 Å². The fourth-order valence-electron chi connectivity index (χ4n) is 3.37. The van der Waals surface area contributed by atoms with Gasteiger partial charge >= 0.3 is 0 Å². The van der Waals surface area contributed by atoms with E-state index in [0.717, 1.165) is 25.1 Å². The number of carbonyl (C=O) groups excluding carboxylic acids is 1. The Labute approximate surface area is 159 Å². The lowest BCUT2D eigenvalue weighted by molar-refractivity contribution is 0.0941. The van der Waals surface area contributed by atoms with Crippen molar-refractivity contribution in [2.75, 3.05) is 33.9 Å². The Kier molecular flexibility index (Phi) is 6.24. The molecule has 0 unspecified atom stereocenters. The summed E-state index contributed by atoms with van der Waals surface area (Å²) in [6.45, 7) is 4.99. The van der Waals surface area contributed by atoms with Crippen molar-refractivity contribution in [1.82, 2.24) is 20.2 Å². The normalized spacial score (nSPS) is 16.9. The van der Waals surface area contributed by atoms with E-state index < -0.39 is 0 Å². The number of methoxy groups -OCH3 is 2. The molecule has 144 valence electrons. The third-order valence-corrected chi connectivity index (χ3v) is 4.91. The zero-order valence-corrected chi connectivity index (χ0v) is 16.1. The maximum Gasteiger partial charge on any atom is 0.251 e. The van der Waals surface area contributed by atoms with Gasteiger partial charge in [0.1, 0.15) is 0 Å². The lowest BCUT2D eigenvalue weighted by atomic mass is 10.1. The Morgan fingerprint density at radius 2 is 1.85 bits per heavy atom. The number of likely N-dealkylation sites (tertiary alicyclic amines) is 1. The van der Waals surface area contributed by atoms with Crippen molar-refractivity contribution in [1.29, 1.82) is 0 Å². The number of hydrogen-bond donors (Lipinski definition) is 1. The smallest absolute Gasteiger partial charge is 0.251 e. The van der Waals surface area contributed by atoms with Crippen molar-refractivity contribution in [3.8, 4) is 23.1 Å². The van der Waals surface area contributed by atoms with E-state index >= 15 is 0 Å². The molecule has 27 heavy (non-hydrogen) atoms. The van der Waals surface area contributed by atoms with E-state index in [-0.39, 0.29) is 5.91 Å². The summed E-state index contributed by atoms with van der Waals surface area (Å²) in [5.74, 6) is 1.28. The van der Waals surface area contributed by atoms with Crippen LogP contribution in [0, 0.1) is 0 Å². The molecule has 1 saturated heterocycles. The summed E-state index contributed by atoms with van der Waals surface area (Å²) in [6.07, 6.45) is 2.34. The number of likely N-dealkylation sites (N-methyl/N-ethyl adjacent to an activating group) is 1. The summed E-state index contributed by atoms with van der Waals surface area (Å²) in [7, 11) is 3.09. The van der Waals surface area contributed by atoms with Gasteiger partial charge in [0.2, 0.25) is 11.8 Å². The molecule has 0 radical (unpaired) electrons. The predicted molar refractivity (Wildman–Crippen MR) is 103 cm³/mol. The molecular formula is C20H26N4O3. The van der Waals surface area contributed by atoms with Gasteiger partial charge in [-0.15, -0.1) is 0 Å². The molecule has 1 aliphatic heterocycles. The van der Waals surface area contributed by atoms with Crippen LogP contribution in [0.5, 0.6) is 11.8 Å². The fraction of sp³-hybridized carbons (Fsp3) is 0.450. The first-order chi connectivity index (χ1) is 13.1. The highest BCUT2D eigenvalue weighted by atomic mass is 16.5. The molecule has 2 aromatic rings. The minimum Gasteiger partial charge on any atom is -0.481 e. The molecule has 1 aromatic heterocycles. The maximum atomic E-state index is 12.4. The number of carbonyl (C=O) groups is 1. The highest BCUT2D eigenvalue weighted by Crippen LogP contribution is 2.23. The first-order valence-electron chi connectivity index (χ1n) is 9.24. The molecule has 1 amide bonds. The van der Waals surface area contributed by atoms with Crippen LogP contribution in [-0.2, 0) is 0 Å². The van der Waals surface area contributed by atoms with E-state index in [9.17, 15) is 4.79 Å². The van der Waals surface area contributed by atoms with E-state index in [2.05, 4.69) is 27.1 Å². The number of rotatable bonds is 7. The van der Waals surface area contributed by atoms with Crippen LogP contribution in [0.15, 0.2) is 30.3 Å². The average molecular weight is 370 g/mol. The van der Waals surface area contributed by atoms with Gasteiger partial charge in [0.05, 0.1) is 20.3 Å². The molecule has 1 N–H and O–H groups in total. The van der Waals surface area contributed by atoms with Crippen molar-refractivity contribution in [3.63, 3.8) is 0 Å². The Bertz CT molecular complexity index is 757. The molecule has 0 aliphatic carbocycles. The summed E-state index contributed by atoms with van der Waals surface area (Å²) >= 11 is 0. The minimum atomic E-state index is -0.0614. The maximum absolute atomic E-state index is 12.4. The molecule has 2 heterocycles. The van der Waals surface area contributed by atoms with Gasteiger partial charge in [0, 0.05) is 23.7 Å². The standard InChI is InChI=1S/C20H26N4O3/c1-4-24-11-5-6-16(24)13-21-20(25)15-9-7-14(8-10-15)19-22-17(26-2)12-18(23-19)27-3/h7-10,12,16H,4-6,11,13H2,1-3H3,(H,21,25)/t16-/m1/s1. The molecule has 0 bridgehead atoms. The van der Waals surface area contributed by atoms with Gasteiger partial charge in [-0.1, -0.05) is 19.1 Å². The molecule has 7 nitrogen and oxygen atoms in total. The fourth-order valence-corrected chi connectivity index (χ4v) is 3.37. The SMILES string of the molecule is CCN1CCC[C@@H]1CNC(=O)c1ccc(-c2nc(OC)cc(OC)n2)cc1. The molecular weight excluding hydrogens is 344 g/mol. The van der Waals surface area contributed by atoms with Crippen LogP contribution in [0.1, 0.15) is 30.1 Å². The van der Waals surface area contributed by atoms with Gasteiger partial charge in [0.15, 0.2) is 5.82 Å². The lowest BCUT2D eigenvalue weighted by Crippen LogP contribution is -2.40. The first-order valence-corrected chi connectivity index (χ1v) is 9.24. The molecule has 0 spiro atoms. The number of nitrogens with one attached hydrogen (secondary N) is 1. The summed E-state index contributed by atoms with van der Waals surface area (Å²) < 4.78 is 10.4. The number of benzene rings is 1. The highest BCUT2D eigenvalue weighted by Gasteiger charge is 2.23. The number of aromatic nitrogens is 2. The van der Waals surface area contributed by atoms with E-state index in [1.807, 2.05) is 12.1 Å². The molecule has 7 heteroatoms. The number of hydrogen-bond acceptors (Lipinski definition) is 6. The lowest BCUT2D eigenvalue weighted by Gasteiger charge is -2.22. The number of ether oxygens (including phenoxy) is 2. The molecule has 1 atom stereocenters. The van der Waals surface area contributed by atoms with Crippen molar-refractivity contribution in [2.24, 2.45) is 0 Å². The Morgan fingerprint density at radius 3 is 2.44 bits per heavy atom. The number of amides is 1. The van der Waals surface area contributed by atoms with Gasteiger partial charge in [-0.05, 0) is 38.1 Å². The van der Waals surface area contributed by atoms with E-state index in [4.69, 9.17) is 9.47 Å². The average Bonchev–Trinajstić information content (AvgIpc) is 3.19. The van der Waals surface area contributed by atoms with Crippen molar-refractivity contribution >= 4 is 5.91 Å². The second-order valence-electron chi connectivity index (χ2n) is 6.49. The Hall–Kier alpha value is -2.67. The highest BCUT2D eigenvalue weighted by molar-refractivity contribution is 5.94. The third kappa shape index (κ3) is 4.54.